The molecule has 3 aromatic rings. The first-order chi connectivity index (χ1) is 9.67. The minimum absolute atomic E-state index is 0.624. The van der Waals surface area contributed by atoms with E-state index in [9.17, 15) is 0 Å². The molecular weight excluding hydrogens is 272 g/mol. The molecule has 0 radical (unpaired) electrons. The Morgan fingerprint density at radius 1 is 1.15 bits per heavy atom. The lowest BCUT2D eigenvalue weighted by Crippen LogP contribution is -2.13. The molecule has 2 aromatic heterocycles. The minimum Gasteiger partial charge on any atom is -0.340 e. The summed E-state index contributed by atoms with van der Waals surface area (Å²) >= 11 is 1.61. The van der Waals surface area contributed by atoms with E-state index in [0.717, 1.165) is 27.3 Å². The van der Waals surface area contributed by atoms with Crippen LogP contribution >= 0.6 is 11.3 Å². The maximum absolute atomic E-state index is 5.47. The summed E-state index contributed by atoms with van der Waals surface area (Å²) in [6.07, 6.45) is 0. The Morgan fingerprint density at radius 2 is 1.95 bits per heavy atom. The Bertz CT molecular complexity index is 767. The number of hydrogen-bond donors (Lipinski definition) is 3. The molecule has 1 aromatic carbocycles. The van der Waals surface area contributed by atoms with E-state index in [-0.39, 0.29) is 0 Å². The molecule has 102 valence electrons. The van der Waals surface area contributed by atoms with Crippen molar-refractivity contribution in [1.82, 2.24) is 15.0 Å². The van der Waals surface area contributed by atoms with Crippen molar-refractivity contribution in [1.29, 1.82) is 0 Å². The fourth-order valence-corrected chi connectivity index (χ4v) is 2.68. The molecule has 4 N–H and O–H groups in total. The second-order valence-corrected chi connectivity index (χ2v) is 5.28. The number of rotatable bonds is 3. The van der Waals surface area contributed by atoms with E-state index in [4.69, 9.17) is 5.84 Å². The van der Waals surface area contributed by atoms with Crippen molar-refractivity contribution in [2.45, 2.75) is 13.8 Å². The highest BCUT2D eigenvalue weighted by molar-refractivity contribution is 7.16. The Morgan fingerprint density at radius 3 is 2.75 bits per heavy atom. The number of hydrogen-bond acceptors (Lipinski definition) is 7. The first kappa shape index (κ1) is 12.8. The lowest BCUT2D eigenvalue weighted by atomic mass is 10.2. The van der Waals surface area contributed by atoms with E-state index in [1.54, 1.807) is 11.3 Å². The van der Waals surface area contributed by atoms with Gasteiger partial charge in [0, 0.05) is 11.3 Å². The summed E-state index contributed by atoms with van der Waals surface area (Å²) in [7, 11) is 0. The Hall–Kier alpha value is -2.25. The van der Waals surface area contributed by atoms with E-state index in [1.807, 2.05) is 31.5 Å². The number of benzene rings is 1. The number of fused-ring (bicyclic) bond motifs is 1. The first-order valence-electron chi connectivity index (χ1n) is 6.09. The molecule has 7 heteroatoms. The Kier molecular flexibility index (Phi) is 3.21. The molecule has 0 atom stereocenters. The summed E-state index contributed by atoms with van der Waals surface area (Å²) < 4.78 is 1.13. The van der Waals surface area contributed by atoms with Gasteiger partial charge in [0.2, 0.25) is 0 Å². The van der Waals surface area contributed by atoms with Gasteiger partial charge in [0.1, 0.15) is 17.5 Å². The van der Waals surface area contributed by atoms with Crippen molar-refractivity contribution in [3.63, 3.8) is 0 Å². The molecule has 0 amide bonds. The molecule has 6 nitrogen and oxygen atoms in total. The van der Waals surface area contributed by atoms with Crippen LogP contribution < -0.4 is 16.6 Å². The number of aromatic nitrogens is 3. The summed E-state index contributed by atoms with van der Waals surface area (Å²) in [6.45, 7) is 3.75. The molecular formula is C13H14N6S. The van der Waals surface area contributed by atoms with Gasteiger partial charge >= 0.3 is 0 Å². The number of nitrogens with one attached hydrogen (secondary N) is 2. The van der Waals surface area contributed by atoms with Crippen LogP contribution in [0.4, 0.5) is 17.3 Å². The third-order valence-corrected chi connectivity index (χ3v) is 3.78. The van der Waals surface area contributed by atoms with Gasteiger partial charge in [-0.3, -0.25) is 0 Å². The molecule has 0 unspecified atom stereocenters. The van der Waals surface area contributed by atoms with Gasteiger partial charge in [-0.2, -0.15) is 0 Å². The monoisotopic (exact) mass is 286 g/mol. The zero-order valence-corrected chi connectivity index (χ0v) is 12.0. The van der Waals surface area contributed by atoms with E-state index >= 15 is 0 Å². The van der Waals surface area contributed by atoms with E-state index in [2.05, 4.69) is 31.8 Å². The lowest BCUT2D eigenvalue weighted by molar-refractivity contribution is 1.03. The highest BCUT2D eigenvalue weighted by atomic mass is 32.1. The zero-order chi connectivity index (χ0) is 14.1. The van der Waals surface area contributed by atoms with Gasteiger partial charge in [-0.25, -0.2) is 20.8 Å². The molecule has 0 fully saturated rings. The molecule has 0 spiro atoms. The normalized spacial score (nSPS) is 10.8. The SMILES string of the molecule is Cc1nc(NN)c(C)c(Nc2ccc3ncsc3c2)n1. The molecule has 0 bridgehead atoms. The Balaban J connectivity index is 1.99. The quantitative estimate of drug-likeness (QED) is 0.507. The second kappa shape index (κ2) is 5.03. The van der Waals surface area contributed by atoms with Crippen LogP contribution in [0.15, 0.2) is 23.7 Å². The average molecular weight is 286 g/mol. The van der Waals surface area contributed by atoms with Gasteiger partial charge in [-0.1, -0.05) is 0 Å². The maximum Gasteiger partial charge on any atom is 0.148 e. The molecule has 20 heavy (non-hydrogen) atoms. The molecule has 0 aliphatic rings. The van der Waals surface area contributed by atoms with Crippen molar-refractivity contribution >= 4 is 38.9 Å². The number of nitrogens with two attached hydrogens (primary N) is 1. The number of anilines is 3. The minimum atomic E-state index is 0.624. The fraction of sp³-hybridized carbons (Fsp3) is 0.154. The number of aryl methyl sites for hydroxylation is 1. The standard InChI is InChI=1S/C13H14N6S/c1-7-12(16-8(2)17-13(7)19-14)18-9-3-4-10-11(5-9)20-6-15-10/h3-6H,14H2,1-2H3,(H2,16,17,18,19). The van der Waals surface area contributed by atoms with Crippen molar-refractivity contribution in [3.8, 4) is 0 Å². The summed E-state index contributed by atoms with van der Waals surface area (Å²) in [6, 6.07) is 6.02. The van der Waals surface area contributed by atoms with E-state index < -0.39 is 0 Å². The molecule has 0 saturated heterocycles. The molecule has 3 rings (SSSR count). The van der Waals surface area contributed by atoms with E-state index in [0.29, 0.717) is 11.6 Å². The van der Waals surface area contributed by atoms with Gasteiger partial charge in [0.15, 0.2) is 0 Å². The highest BCUT2D eigenvalue weighted by Crippen LogP contribution is 2.26. The van der Waals surface area contributed by atoms with Gasteiger partial charge in [0.05, 0.1) is 15.7 Å². The predicted molar refractivity (Wildman–Crippen MR) is 82.2 cm³/mol. The number of nitrogen functional groups attached to an aromatic ring is 1. The predicted octanol–water partition coefficient (Wildman–Crippen LogP) is 2.73. The molecule has 0 aliphatic carbocycles. The van der Waals surface area contributed by atoms with Crippen LogP contribution in [-0.4, -0.2) is 15.0 Å². The fourth-order valence-electron chi connectivity index (χ4n) is 1.96. The van der Waals surface area contributed by atoms with E-state index in [1.165, 1.54) is 0 Å². The first-order valence-corrected chi connectivity index (χ1v) is 6.97. The maximum atomic E-state index is 5.47. The summed E-state index contributed by atoms with van der Waals surface area (Å²) in [5, 5.41) is 3.30. The number of nitrogens with zero attached hydrogens (tertiary/aromatic N) is 3. The largest absolute Gasteiger partial charge is 0.340 e. The van der Waals surface area contributed by atoms with Crippen LogP contribution in [0, 0.1) is 13.8 Å². The second-order valence-electron chi connectivity index (χ2n) is 4.40. The number of hydrazine groups is 1. The smallest absolute Gasteiger partial charge is 0.148 e. The lowest BCUT2D eigenvalue weighted by Gasteiger charge is -2.12. The average Bonchev–Trinajstić information content (AvgIpc) is 2.90. The van der Waals surface area contributed by atoms with Crippen LogP contribution in [0.1, 0.15) is 11.4 Å². The van der Waals surface area contributed by atoms with Gasteiger partial charge in [-0.05, 0) is 32.0 Å². The zero-order valence-electron chi connectivity index (χ0n) is 11.1. The molecule has 2 heterocycles. The van der Waals surface area contributed by atoms with Crippen molar-refractivity contribution < 1.29 is 0 Å². The van der Waals surface area contributed by atoms with Crippen molar-refractivity contribution in [2.24, 2.45) is 5.84 Å². The van der Waals surface area contributed by atoms with Crippen LogP contribution in [0.5, 0.6) is 0 Å². The van der Waals surface area contributed by atoms with Gasteiger partial charge in [0.25, 0.3) is 0 Å². The van der Waals surface area contributed by atoms with Crippen molar-refractivity contribution in [2.75, 3.05) is 10.7 Å². The van der Waals surface area contributed by atoms with Gasteiger partial charge in [-0.15, -0.1) is 11.3 Å². The topological polar surface area (TPSA) is 88.8 Å². The Labute approximate surface area is 120 Å². The third-order valence-electron chi connectivity index (χ3n) is 2.99. The van der Waals surface area contributed by atoms with Crippen LogP contribution in [-0.2, 0) is 0 Å². The van der Waals surface area contributed by atoms with Crippen LogP contribution in [0.25, 0.3) is 10.2 Å². The number of thiazole rings is 1. The third kappa shape index (κ3) is 2.28. The van der Waals surface area contributed by atoms with Crippen molar-refractivity contribution in [3.05, 3.63) is 35.1 Å². The van der Waals surface area contributed by atoms with Crippen LogP contribution in [0.2, 0.25) is 0 Å². The summed E-state index contributed by atoms with van der Waals surface area (Å²) in [5.74, 6) is 7.49. The molecule has 0 saturated carbocycles. The molecule has 0 aliphatic heterocycles. The van der Waals surface area contributed by atoms with Gasteiger partial charge < -0.3 is 10.7 Å². The summed E-state index contributed by atoms with van der Waals surface area (Å²) in [5.41, 5.74) is 7.27. The van der Waals surface area contributed by atoms with Crippen LogP contribution in [0.3, 0.4) is 0 Å². The highest BCUT2D eigenvalue weighted by Gasteiger charge is 2.09. The summed E-state index contributed by atoms with van der Waals surface area (Å²) in [4.78, 5) is 12.9.